The van der Waals surface area contributed by atoms with Crippen LogP contribution < -0.4 is 15.1 Å². The average molecular weight is 458 g/mol. The molecule has 0 saturated carbocycles. The largest absolute Gasteiger partial charge is 0.372 e. The molecule has 2 amide bonds. The van der Waals surface area contributed by atoms with Crippen LogP contribution in [0.25, 0.3) is 5.57 Å². The molecule has 5 rings (SSSR count). The number of imide groups is 1. The monoisotopic (exact) mass is 457 g/mol. The Kier molecular flexibility index (Phi) is 5.77. The summed E-state index contributed by atoms with van der Waals surface area (Å²) in [5, 5.41) is 5.18. The molecule has 0 spiro atoms. The number of aryl methyl sites for hydroxylation is 1. The fourth-order valence-electron chi connectivity index (χ4n) is 4.39. The Bertz CT molecular complexity index is 1190. The number of hydrogen-bond acceptors (Lipinski definition) is 5. The number of nitrogens with zero attached hydrogens (tertiary/aromatic N) is 2. The van der Waals surface area contributed by atoms with E-state index in [0.717, 1.165) is 35.1 Å². The van der Waals surface area contributed by atoms with Gasteiger partial charge in [0.25, 0.3) is 11.8 Å². The van der Waals surface area contributed by atoms with E-state index < -0.39 is 0 Å². The predicted octanol–water partition coefficient (Wildman–Crippen LogP) is 5.69. The molecule has 1 N–H and O–H groups in total. The average Bonchev–Trinajstić information content (AvgIpc) is 3.43. The van der Waals surface area contributed by atoms with Crippen molar-refractivity contribution in [3.05, 3.63) is 82.2 Å². The SMILES string of the molecule is Cc1ccc(N2C(=O)C(Nc3ccc(N4CCC(C)CC4)cc3)=C(c3cccs3)C2=O)cc1. The van der Waals surface area contributed by atoms with Crippen molar-refractivity contribution in [2.45, 2.75) is 26.7 Å². The number of thiophene rings is 1. The van der Waals surface area contributed by atoms with Gasteiger partial charge in [0.1, 0.15) is 5.70 Å². The van der Waals surface area contributed by atoms with Crippen LogP contribution in [0.3, 0.4) is 0 Å². The van der Waals surface area contributed by atoms with E-state index in [2.05, 4.69) is 29.3 Å². The summed E-state index contributed by atoms with van der Waals surface area (Å²) >= 11 is 1.46. The van der Waals surface area contributed by atoms with Gasteiger partial charge in [-0.2, -0.15) is 0 Å². The zero-order valence-electron chi connectivity index (χ0n) is 18.9. The number of amides is 2. The van der Waals surface area contributed by atoms with Gasteiger partial charge in [0.2, 0.25) is 0 Å². The van der Waals surface area contributed by atoms with Gasteiger partial charge in [0.05, 0.1) is 11.3 Å². The normalized spacial score (nSPS) is 17.3. The highest BCUT2D eigenvalue weighted by Crippen LogP contribution is 2.36. The number of benzene rings is 2. The highest BCUT2D eigenvalue weighted by Gasteiger charge is 2.40. The van der Waals surface area contributed by atoms with Gasteiger partial charge < -0.3 is 10.2 Å². The third-order valence-electron chi connectivity index (χ3n) is 6.43. The molecule has 1 fully saturated rings. The quantitative estimate of drug-likeness (QED) is 0.500. The highest BCUT2D eigenvalue weighted by atomic mass is 32.1. The van der Waals surface area contributed by atoms with Gasteiger partial charge in [-0.15, -0.1) is 11.3 Å². The van der Waals surface area contributed by atoms with Crippen molar-refractivity contribution in [1.29, 1.82) is 0 Å². The van der Waals surface area contributed by atoms with Crippen molar-refractivity contribution < 1.29 is 9.59 Å². The standard InChI is InChI=1S/C27H27N3O2S/c1-18-5-9-22(10-6-18)30-26(31)24(23-4-3-17-33-23)25(27(30)32)28-20-7-11-21(12-8-20)29-15-13-19(2)14-16-29/h3-12,17,19,28H,13-16H2,1-2H3. The molecule has 2 aliphatic rings. The lowest BCUT2D eigenvalue weighted by molar-refractivity contribution is -0.120. The van der Waals surface area contributed by atoms with Crippen molar-refractivity contribution in [2.24, 2.45) is 5.92 Å². The fourth-order valence-corrected chi connectivity index (χ4v) is 5.16. The molecule has 0 unspecified atom stereocenters. The summed E-state index contributed by atoms with van der Waals surface area (Å²) in [5.74, 6) is 0.154. The van der Waals surface area contributed by atoms with Crippen LogP contribution in [-0.2, 0) is 9.59 Å². The Labute approximate surface area is 198 Å². The molecule has 0 aliphatic carbocycles. The predicted molar refractivity (Wildman–Crippen MR) is 136 cm³/mol. The van der Waals surface area contributed by atoms with Crippen LogP contribution in [0, 0.1) is 12.8 Å². The molecule has 1 saturated heterocycles. The molecule has 3 heterocycles. The maximum atomic E-state index is 13.4. The third-order valence-corrected chi connectivity index (χ3v) is 7.32. The number of piperidine rings is 1. The fraction of sp³-hybridized carbons (Fsp3) is 0.259. The van der Waals surface area contributed by atoms with Crippen LogP contribution in [0.1, 0.15) is 30.2 Å². The first-order valence-corrected chi connectivity index (χ1v) is 12.2. The van der Waals surface area contributed by atoms with Gasteiger partial charge in [-0.05, 0) is 73.5 Å². The highest BCUT2D eigenvalue weighted by molar-refractivity contribution is 7.11. The minimum absolute atomic E-state index is 0.298. The van der Waals surface area contributed by atoms with Gasteiger partial charge >= 0.3 is 0 Å². The second-order valence-electron chi connectivity index (χ2n) is 8.85. The Hall–Kier alpha value is -3.38. The maximum absolute atomic E-state index is 13.4. The van der Waals surface area contributed by atoms with E-state index in [-0.39, 0.29) is 11.8 Å². The zero-order valence-corrected chi connectivity index (χ0v) is 19.7. The Balaban J connectivity index is 1.44. The summed E-state index contributed by atoms with van der Waals surface area (Å²) in [6.45, 7) is 6.43. The second-order valence-corrected chi connectivity index (χ2v) is 9.80. The van der Waals surface area contributed by atoms with Gasteiger partial charge in [0.15, 0.2) is 0 Å². The molecule has 3 aromatic rings. The summed E-state index contributed by atoms with van der Waals surface area (Å²) in [4.78, 5) is 31.3. The maximum Gasteiger partial charge on any atom is 0.282 e. The van der Waals surface area contributed by atoms with Crippen molar-refractivity contribution >= 4 is 45.8 Å². The minimum atomic E-state index is -0.332. The number of carbonyl (C=O) groups is 2. The molecule has 2 aliphatic heterocycles. The zero-order chi connectivity index (χ0) is 22.9. The van der Waals surface area contributed by atoms with Gasteiger partial charge in [0, 0.05) is 29.3 Å². The first kappa shape index (κ1) is 21.5. The summed E-state index contributed by atoms with van der Waals surface area (Å²) in [6, 6.07) is 19.4. The van der Waals surface area contributed by atoms with Crippen LogP contribution in [0.4, 0.5) is 17.1 Å². The Morgan fingerprint density at radius 2 is 1.55 bits per heavy atom. The van der Waals surface area contributed by atoms with E-state index in [1.54, 1.807) is 0 Å². The summed E-state index contributed by atoms with van der Waals surface area (Å²) < 4.78 is 0. The number of rotatable bonds is 5. The van der Waals surface area contributed by atoms with Crippen LogP contribution in [-0.4, -0.2) is 24.9 Å². The van der Waals surface area contributed by atoms with Crippen LogP contribution in [0.2, 0.25) is 0 Å². The van der Waals surface area contributed by atoms with E-state index in [9.17, 15) is 9.59 Å². The van der Waals surface area contributed by atoms with Crippen LogP contribution in [0.5, 0.6) is 0 Å². The first-order valence-electron chi connectivity index (χ1n) is 11.4. The molecule has 0 bridgehead atoms. The Morgan fingerprint density at radius 1 is 0.879 bits per heavy atom. The molecule has 0 radical (unpaired) electrons. The van der Waals surface area contributed by atoms with Gasteiger partial charge in [-0.1, -0.05) is 30.7 Å². The van der Waals surface area contributed by atoms with E-state index in [4.69, 9.17) is 0 Å². The molecule has 2 aromatic carbocycles. The molecule has 6 heteroatoms. The van der Waals surface area contributed by atoms with Crippen LogP contribution >= 0.6 is 11.3 Å². The topological polar surface area (TPSA) is 52.7 Å². The number of carbonyl (C=O) groups excluding carboxylic acids is 2. The lowest BCUT2D eigenvalue weighted by Gasteiger charge is -2.32. The molecule has 168 valence electrons. The van der Waals surface area contributed by atoms with E-state index in [0.29, 0.717) is 17.0 Å². The second kappa shape index (κ2) is 8.87. The lowest BCUT2D eigenvalue weighted by atomic mass is 9.99. The summed E-state index contributed by atoms with van der Waals surface area (Å²) in [6.07, 6.45) is 2.42. The van der Waals surface area contributed by atoms with Crippen LogP contribution in [0.15, 0.2) is 71.7 Å². The first-order chi connectivity index (χ1) is 16.0. The summed E-state index contributed by atoms with van der Waals surface area (Å²) in [7, 11) is 0. The molecular formula is C27H27N3O2S. The molecule has 5 nitrogen and oxygen atoms in total. The Morgan fingerprint density at radius 3 is 2.18 bits per heavy atom. The van der Waals surface area contributed by atoms with E-state index in [1.165, 1.54) is 34.8 Å². The number of nitrogens with one attached hydrogen (secondary N) is 1. The molecule has 0 atom stereocenters. The third kappa shape index (κ3) is 4.18. The van der Waals surface area contributed by atoms with E-state index >= 15 is 0 Å². The lowest BCUT2D eigenvalue weighted by Crippen LogP contribution is -2.32. The van der Waals surface area contributed by atoms with Crippen molar-refractivity contribution in [1.82, 2.24) is 0 Å². The molecule has 1 aromatic heterocycles. The number of anilines is 3. The number of hydrogen-bond donors (Lipinski definition) is 1. The van der Waals surface area contributed by atoms with Gasteiger partial charge in [-0.25, -0.2) is 4.90 Å². The van der Waals surface area contributed by atoms with Gasteiger partial charge in [-0.3, -0.25) is 9.59 Å². The minimum Gasteiger partial charge on any atom is -0.372 e. The smallest absolute Gasteiger partial charge is 0.282 e. The molecular weight excluding hydrogens is 430 g/mol. The van der Waals surface area contributed by atoms with Crippen molar-refractivity contribution in [2.75, 3.05) is 28.2 Å². The molecule has 33 heavy (non-hydrogen) atoms. The van der Waals surface area contributed by atoms with E-state index in [1.807, 2.05) is 60.8 Å². The summed E-state index contributed by atoms with van der Waals surface area (Å²) in [5.41, 5.74) is 4.38. The van der Waals surface area contributed by atoms with Crippen molar-refractivity contribution in [3.63, 3.8) is 0 Å². The van der Waals surface area contributed by atoms with Crippen molar-refractivity contribution in [3.8, 4) is 0 Å².